The fourth-order valence-electron chi connectivity index (χ4n) is 0.981. The lowest BCUT2D eigenvalue weighted by atomic mass is 10.3. The minimum atomic E-state index is 0.454. The van der Waals surface area contributed by atoms with E-state index in [1.54, 1.807) is 42.6 Å². The van der Waals surface area contributed by atoms with Crippen LogP contribution < -0.4 is 4.74 Å². The van der Waals surface area contributed by atoms with Crippen LogP contribution in [-0.2, 0) is 0 Å². The first-order valence-corrected chi connectivity index (χ1v) is 4.48. The highest BCUT2D eigenvalue weighted by Gasteiger charge is 1.96. The summed E-state index contributed by atoms with van der Waals surface area (Å²) >= 11 is 5.74. The van der Waals surface area contributed by atoms with Crippen LogP contribution in [-0.4, -0.2) is 4.98 Å². The molecule has 2 rings (SSSR count). The normalized spacial score (nSPS) is 9.79. The van der Waals surface area contributed by atoms with Crippen molar-refractivity contribution in [2.45, 2.75) is 0 Å². The summed E-state index contributed by atoms with van der Waals surface area (Å²) in [5, 5.41) is 0.683. The number of hydrogen-bond donors (Lipinski definition) is 0. The van der Waals surface area contributed by atoms with Crippen molar-refractivity contribution in [3.63, 3.8) is 0 Å². The van der Waals surface area contributed by atoms with Gasteiger partial charge in [0.2, 0.25) is 5.88 Å². The summed E-state index contributed by atoms with van der Waals surface area (Å²) in [7, 11) is 0. The second-order valence-corrected chi connectivity index (χ2v) is 3.08. The van der Waals surface area contributed by atoms with Crippen LogP contribution in [0.5, 0.6) is 11.6 Å². The maximum Gasteiger partial charge on any atom is 0.227 e. The molecule has 0 saturated heterocycles. The van der Waals surface area contributed by atoms with E-state index in [0.29, 0.717) is 16.7 Å². The molecule has 1 aromatic heterocycles. The SMILES string of the molecule is Clc1ccc(Oc2[c]cccn2)cc1. The zero-order valence-corrected chi connectivity index (χ0v) is 8.03. The largest absolute Gasteiger partial charge is 0.438 e. The Morgan fingerprint density at radius 1 is 1.21 bits per heavy atom. The first-order chi connectivity index (χ1) is 6.84. The van der Waals surface area contributed by atoms with Gasteiger partial charge in [0.1, 0.15) is 5.75 Å². The van der Waals surface area contributed by atoms with Crippen LogP contribution >= 0.6 is 11.6 Å². The van der Waals surface area contributed by atoms with Crippen LogP contribution in [0.3, 0.4) is 0 Å². The third kappa shape index (κ3) is 2.24. The zero-order valence-electron chi connectivity index (χ0n) is 7.27. The average Bonchev–Trinajstić information content (AvgIpc) is 2.23. The number of benzene rings is 1. The Morgan fingerprint density at radius 2 is 2.00 bits per heavy atom. The molecule has 0 aliphatic rings. The van der Waals surface area contributed by atoms with Crippen molar-refractivity contribution in [2.75, 3.05) is 0 Å². The van der Waals surface area contributed by atoms with E-state index < -0.39 is 0 Å². The Labute approximate surface area is 87.1 Å². The molecule has 14 heavy (non-hydrogen) atoms. The topological polar surface area (TPSA) is 22.1 Å². The highest BCUT2D eigenvalue weighted by Crippen LogP contribution is 2.20. The van der Waals surface area contributed by atoms with E-state index in [2.05, 4.69) is 11.1 Å². The summed E-state index contributed by atoms with van der Waals surface area (Å²) in [6.45, 7) is 0. The van der Waals surface area contributed by atoms with Crippen LogP contribution in [0.25, 0.3) is 0 Å². The van der Waals surface area contributed by atoms with Gasteiger partial charge in [0, 0.05) is 17.3 Å². The molecular formula is C11H7ClNO. The van der Waals surface area contributed by atoms with Gasteiger partial charge in [-0.1, -0.05) is 11.6 Å². The van der Waals surface area contributed by atoms with Gasteiger partial charge < -0.3 is 4.74 Å². The summed E-state index contributed by atoms with van der Waals surface area (Å²) < 4.78 is 5.41. The molecule has 2 aromatic rings. The molecule has 1 radical (unpaired) electrons. The molecule has 69 valence electrons. The van der Waals surface area contributed by atoms with Gasteiger partial charge in [-0.15, -0.1) is 0 Å². The number of hydrogen-bond acceptors (Lipinski definition) is 2. The van der Waals surface area contributed by atoms with Gasteiger partial charge in [-0.2, -0.15) is 0 Å². The Hall–Kier alpha value is -1.54. The van der Waals surface area contributed by atoms with E-state index in [1.165, 1.54) is 0 Å². The highest BCUT2D eigenvalue weighted by atomic mass is 35.5. The van der Waals surface area contributed by atoms with Crippen molar-refractivity contribution in [3.05, 3.63) is 53.7 Å². The van der Waals surface area contributed by atoms with Crippen molar-refractivity contribution in [1.29, 1.82) is 0 Å². The summed E-state index contributed by atoms with van der Waals surface area (Å²) in [6, 6.07) is 13.5. The minimum Gasteiger partial charge on any atom is -0.438 e. The van der Waals surface area contributed by atoms with Crippen LogP contribution in [0, 0.1) is 6.07 Å². The molecule has 0 bridgehead atoms. The lowest BCUT2D eigenvalue weighted by molar-refractivity contribution is 0.462. The van der Waals surface area contributed by atoms with Crippen molar-refractivity contribution in [2.24, 2.45) is 0 Å². The van der Waals surface area contributed by atoms with Crippen LogP contribution in [0.2, 0.25) is 5.02 Å². The van der Waals surface area contributed by atoms with Crippen LogP contribution in [0.15, 0.2) is 42.6 Å². The quantitative estimate of drug-likeness (QED) is 0.749. The first kappa shape index (κ1) is 9.03. The van der Waals surface area contributed by atoms with Gasteiger partial charge >= 0.3 is 0 Å². The predicted molar refractivity (Wildman–Crippen MR) is 54.6 cm³/mol. The van der Waals surface area contributed by atoms with E-state index >= 15 is 0 Å². The molecule has 1 heterocycles. The second-order valence-electron chi connectivity index (χ2n) is 2.64. The number of halogens is 1. The Morgan fingerprint density at radius 3 is 2.64 bits per heavy atom. The molecule has 0 fully saturated rings. The molecule has 0 spiro atoms. The van der Waals surface area contributed by atoms with Crippen molar-refractivity contribution < 1.29 is 4.74 Å². The van der Waals surface area contributed by atoms with Crippen LogP contribution in [0.1, 0.15) is 0 Å². The van der Waals surface area contributed by atoms with E-state index in [4.69, 9.17) is 16.3 Å². The van der Waals surface area contributed by atoms with Crippen molar-refractivity contribution >= 4 is 11.6 Å². The molecule has 3 heteroatoms. The summed E-state index contributed by atoms with van der Waals surface area (Å²) in [5.41, 5.74) is 0. The molecule has 2 nitrogen and oxygen atoms in total. The molecule has 1 aromatic carbocycles. The Balaban J connectivity index is 2.16. The number of rotatable bonds is 2. The standard InChI is InChI=1S/C11H7ClNO/c12-9-4-6-10(7-5-9)14-11-3-1-2-8-13-11/h1-2,4-8H. The highest BCUT2D eigenvalue weighted by molar-refractivity contribution is 6.30. The summed E-state index contributed by atoms with van der Waals surface area (Å²) in [4.78, 5) is 3.99. The van der Waals surface area contributed by atoms with Gasteiger partial charge in [-0.25, -0.2) is 4.98 Å². The minimum absolute atomic E-state index is 0.454. The molecule has 0 atom stereocenters. The maximum atomic E-state index is 5.74. The molecular weight excluding hydrogens is 198 g/mol. The average molecular weight is 205 g/mol. The van der Waals surface area contributed by atoms with Gasteiger partial charge in [-0.05, 0) is 36.4 Å². The Bertz CT molecular complexity index is 399. The monoisotopic (exact) mass is 204 g/mol. The van der Waals surface area contributed by atoms with E-state index in [9.17, 15) is 0 Å². The lowest BCUT2D eigenvalue weighted by Crippen LogP contribution is -1.86. The summed E-state index contributed by atoms with van der Waals surface area (Å²) in [6.07, 6.45) is 1.65. The smallest absolute Gasteiger partial charge is 0.227 e. The molecule has 0 amide bonds. The van der Waals surface area contributed by atoms with Gasteiger partial charge in [0.05, 0.1) is 0 Å². The van der Waals surface area contributed by atoms with Gasteiger partial charge in [-0.3, -0.25) is 0 Å². The van der Waals surface area contributed by atoms with Crippen LogP contribution in [0.4, 0.5) is 0 Å². The fraction of sp³-hybridized carbons (Fsp3) is 0. The zero-order chi connectivity index (χ0) is 9.80. The number of aromatic nitrogens is 1. The maximum absolute atomic E-state index is 5.74. The van der Waals surface area contributed by atoms with E-state index in [-0.39, 0.29) is 0 Å². The number of ether oxygens (including phenoxy) is 1. The molecule has 0 unspecified atom stereocenters. The lowest BCUT2D eigenvalue weighted by Gasteiger charge is -2.02. The number of pyridine rings is 1. The molecule has 0 N–H and O–H groups in total. The fourth-order valence-corrected chi connectivity index (χ4v) is 1.11. The van der Waals surface area contributed by atoms with E-state index in [1.807, 2.05) is 0 Å². The third-order valence-electron chi connectivity index (χ3n) is 1.61. The molecule has 0 saturated carbocycles. The van der Waals surface area contributed by atoms with Crippen molar-refractivity contribution in [1.82, 2.24) is 4.98 Å². The second kappa shape index (κ2) is 4.11. The van der Waals surface area contributed by atoms with Gasteiger partial charge in [0.25, 0.3) is 0 Å². The summed E-state index contributed by atoms with van der Waals surface area (Å²) in [5.74, 6) is 1.15. The third-order valence-corrected chi connectivity index (χ3v) is 1.86. The first-order valence-electron chi connectivity index (χ1n) is 4.11. The Kier molecular flexibility index (Phi) is 2.65. The van der Waals surface area contributed by atoms with Crippen molar-refractivity contribution in [3.8, 4) is 11.6 Å². The van der Waals surface area contributed by atoms with E-state index in [0.717, 1.165) is 0 Å². The molecule has 0 aliphatic heterocycles. The predicted octanol–water partition coefficient (Wildman–Crippen LogP) is 3.33. The number of nitrogens with zero attached hydrogens (tertiary/aromatic N) is 1. The molecule has 0 aliphatic carbocycles. The van der Waals surface area contributed by atoms with Gasteiger partial charge in [0.15, 0.2) is 0 Å².